The van der Waals surface area contributed by atoms with Gasteiger partial charge in [-0.25, -0.2) is 4.79 Å². The number of rotatable bonds is 3. The van der Waals surface area contributed by atoms with Crippen molar-refractivity contribution in [3.05, 3.63) is 24.0 Å². The van der Waals surface area contributed by atoms with E-state index < -0.39 is 5.60 Å². The molecule has 2 unspecified atom stereocenters. The summed E-state index contributed by atoms with van der Waals surface area (Å²) in [6.45, 7) is 9.76. The van der Waals surface area contributed by atoms with Crippen LogP contribution in [-0.4, -0.2) is 40.7 Å². The van der Waals surface area contributed by atoms with Crippen LogP contribution in [0.5, 0.6) is 0 Å². The molecule has 0 bridgehead atoms. The monoisotopic (exact) mass is 293 g/mol. The molecule has 1 aliphatic rings. The highest BCUT2D eigenvalue weighted by molar-refractivity contribution is 5.68. The summed E-state index contributed by atoms with van der Waals surface area (Å²) in [7, 11) is 0. The van der Waals surface area contributed by atoms with Gasteiger partial charge in [0.15, 0.2) is 0 Å². The first-order chi connectivity index (χ1) is 9.85. The van der Waals surface area contributed by atoms with Crippen LogP contribution in [0.4, 0.5) is 4.79 Å². The third-order valence-corrected chi connectivity index (χ3v) is 3.79. The molecule has 1 amide bonds. The van der Waals surface area contributed by atoms with E-state index in [2.05, 4.69) is 28.2 Å². The molecule has 2 N–H and O–H groups in total. The number of hydrogen-bond donors (Lipinski definition) is 2. The van der Waals surface area contributed by atoms with Gasteiger partial charge in [-0.05, 0) is 59.2 Å². The summed E-state index contributed by atoms with van der Waals surface area (Å²) >= 11 is 0. The maximum absolute atomic E-state index is 11.9. The lowest BCUT2D eigenvalue weighted by Crippen LogP contribution is -2.49. The van der Waals surface area contributed by atoms with Crippen molar-refractivity contribution < 1.29 is 9.53 Å². The number of alkyl carbamates (subject to hydrolysis) is 1. The summed E-state index contributed by atoms with van der Waals surface area (Å²) in [5, 5.41) is 2.99. The van der Waals surface area contributed by atoms with E-state index >= 15 is 0 Å². The fourth-order valence-corrected chi connectivity index (χ4v) is 2.75. The first-order valence-electron chi connectivity index (χ1n) is 7.72. The van der Waals surface area contributed by atoms with Gasteiger partial charge in [-0.1, -0.05) is 0 Å². The van der Waals surface area contributed by atoms with E-state index in [-0.39, 0.29) is 12.1 Å². The molecule has 0 aromatic carbocycles. The Morgan fingerprint density at radius 3 is 2.90 bits per heavy atom. The second kappa shape index (κ2) is 6.52. The van der Waals surface area contributed by atoms with Gasteiger partial charge in [0.2, 0.25) is 0 Å². The van der Waals surface area contributed by atoms with Crippen LogP contribution in [0, 0.1) is 0 Å². The van der Waals surface area contributed by atoms with E-state index in [9.17, 15) is 4.79 Å². The van der Waals surface area contributed by atoms with Crippen molar-refractivity contribution >= 4 is 6.09 Å². The third-order valence-electron chi connectivity index (χ3n) is 3.79. The normalized spacial score (nSPS) is 21.8. The first-order valence-corrected chi connectivity index (χ1v) is 7.72. The zero-order chi connectivity index (χ0) is 15.5. The second-order valence-electron chi connectivity index (χ2n) is 6.78. The van der Waals surface area contributed by atoms with Crippen molar-refractivity contribution in [2.45, 2.75) is 58.2 Å². The predicted octanol–water partition coefficient (Wildman–Crippen LogP) is 3.06. The molecule has 21 heavy (non-hydrogen) atoms. The number of carbonyl (C=O) groups excluding carboxylic acids is 1. The molecule has 1 fully saturated rings. The number of carbonyl (C=O) groups is 1. The summed E-state index contributed by atoms with van der Waals surface area (Å²) in [6, 6.07) is 4.62. The maximum Gasteiger partial charge on any atom is 0.407 e. The number of ether oxygens (including phenoxy) is 1. The zero-order valence-electron chi connectivity index (χ0n) is 13.5. The van der Waals surface area contributed by atoms with E-state index in [4.69, 9.17) is 4.74 Å². The van der Waals surface area contributed by atoms with Gasteiger partial charge in [0.25, 0.3) is 0 Å². The molecule has 0 saturated carbocycles. The van der Waals surface area contributed by atoms with E-state index in [0.717, 1.165) is 25.9 Å². The van der Waals surface area contributed by atoms with Gasteiger partial charge in [-0.15, -0.1) is 0 Å². The van der Waals surface area contributed by atoms with E-state index in [0.29, 0.717) is 6.04 Å². The Labute approximate surface area is 127 Å². The highest BCUT2D eigenvalue weighted by Gasteiger charge is 2.27. The van der Waals surface area contributed by atoms with Gasteiger partial charge in [0, 0.05) is 30.5 Å². The van der Waals surface area contributed by atoms with Crippen LogP contribution in [0.25, 0.3) is 0 Å². The molecule has 1 aromatic rings. The Morgan fingerprint density at radius 2 is 2.29 bits per heavy atom. The summed E-state index contributed by atoms with van der Waals surface area (Å²) in [5.41, 5.74) is 0.767. The minimum Gasteiger partial charge on any atom is -0.444 e. The van der Waals surface area contributed by atoms with Crippen LogP contribution in [0.3, 0.4) is 0 Å². The second-order valence-corrected chi connectivity index (χ2v) is 6.78. The molecule has 0 aliphatic carbocycles. The predicted molar refractivity (Wildman–Crippen MR) is 83.2 cm³/mol. The molecular weight excluding hydrogens is 266 g/mol. The SMILES string of the molecule is CC(c1ccc[nH]1)N1CCCC(NC(=O)OC(C)(C)C)C1. The summed E-state index contributed by atoms with van der Waals surface area (Å²) < 4.78 is 5.33. The van der Waals surface area contributed by atoms with Crippen LogP contribution < -0.4 is 5.32 Å². The van der Waals surface area contributed by atoms with Crippen molar-refractivity contribution in [2.75, 3.05) is 13.1 Å². The molecule has 1 saturated heterocycles. The maximum atomic E-state index is 11.9. The summed E-state index contributed by atoms with van der Waals surface area (Å²) in [5.74, 6) is 0. The van der Waals surface area contributed by atoms with Crippen molar-refractivity contribution in [1.82, 2.24) is 15.2 Å². The quantitative estimate of drug-likeness (QED) is 0.900. The number of piperidine rings is 1. The number of amides is 1. The Bertz CT molecular complexity index is 451. The fourth-order valence-electron chi connectivity index (χ4n) is 2.75. The fraction of sp³-hybridized carbons (Fsp3) is 0.688. The highest BCUT2D eigenvalue weighted by Crippen LogP contribution is 2.23. The van der Waals surface area contributed by atoms with Crippen molar-refractivity contribution in [3.63, 3.8) is 0 Å². The van der Waals surface area contributed by atoms with Crippen molar-refractivity contribution in [1.29, 1.82) is 0 Å². The summed E-state index contributed by atoms with van der Waals surface area (Å²) in [4.78, 5) is 17.5. The van der Waals surface area contributed by atoms with Gasteiger partial charge in [0.1, 0.15) is 5.60 Å². The molecule has 118 valence electrons. The molecule has 1 aliphatic heterocycles. The third kappa shape index (κ3) is 4.77. The van der Waals surface area contributed by atoms with Gasteiger partial charge in [-0.2, -0.15) is 0 Å². The average molecular weight is 293 g/mol. The number of hydrogen-bond acceptors (Lipinski definition) is 3. The molecule has 1 aromatic heterocycles. The molecule has 0 radical (unpaired) electrons. The highest BCUT2D eigenvalue weighted by atomic mass is 16.6. The number of aromatic nitrogens is 1. The van der Waals surface area contributed by atoms with Gasteiger partial charge >= 0.3 is 6.09 Å². The van der Waals surface area contributed by atoms with E-state index in [1.165, 1.54) is 5.69 Å². The first kappa shape index (κ1) is 15.9. The standard InChI is InChI=1S/C16H27N3O2/c1-12(14-8-5-9-17-14)19-10-6-7-13(11-19)18-15(20)21-16(2,3)4/h5,8-9,12-13,17H,6-7,10-11H2,1-4H3,(H,18,20). The van der Waals surface area contributed by atoms with E-state index in [1.54, 1.807) is 0 Å². The number of likely N-dealkylation sites (tertiary alicyclic amines) is 1. The number of H-pyrrole nitrogens is 1. The van der Waals surface area contributed by atoms with Crippen LogP contribution in [0.2, 0.25) is 0 Å². The van der Waals surface area contributed by atoms with Crippen molar-refractivity contribution in [2.24, 2.45) is 0 Å². The molecule has 0 spiro atoms. The lowest BCUT2D eigenvalue weighted by Gasteiger charge is -2.37. The average Bonchev–Trinajstić information content (AvgIpc) is 2.89. The smallest absolute Gasteiger partial charge is 0.407 e. The Morgan fingerprint density at radius 1 is 1.52 bits per heavy atom. The minimum absolute atomic E-state index is 0.158. The van der Waals surface area contributed by atoms with Crippen LogP contribution in [-0.2, 0) is 4.74 Å². The lowest BCUT2D eigenvalue weighted by molar-refractivity contribution is 0.0457. The lowest BCUT2D eigenvalue weighted by atomic mass is 10.0. The Hall–Kier alpha value is -1.49. The minimum atomic E-state index is -0.448. The largest absolute Gasteiger partial charge is 0.444 e. The molecule has 2 heterocycles. The van der Waals surface area contributed by atoms with Gasteiger partial charge < -0.3 is 15.0 Å². The van der Waals surface area contributed by atoms with Gasteiger partial charge in [0.05, 0.1) is 0 Å². The molecule has 2 atom stereocenters. The Balaban J connectivity index is 1.87. The molecular formula is C16H27N3O2. The molecule has 5 nitrogen and oxygen atoms in total. The number of nitrogens with zero attached hydrogens (tertiary/aromatic N) is 1. The molecule has 5 heteroatoms. The van der Waals surface area contributed by atoms with Crippen LogP contribution >= 0.6 is 0 Å². The van der Waals surface area contributed by atoms with Crippen molar-refractivity contribution in [3.8, 4) is 0 Å². The van der Waals surface area contributed by atoms with E-state index in [1.807, 2.05) is 33.0 Å². The number of aromatic amines is 1. The summed E-state index contributed by atoms with van der Waals surface area (Å²) in [6.07, 6.45) is 3.73. The topological polar surface area (TPSA) is 57.4 Å². The van der Waals surface area contributed by atoms with Crippen LogP contribution in [0.15, 0.2) is 18.3 Å². The number of nitrogens with one attached hydrogen (secondary N) is 2. The van der Waals surface area contributed by atoms with Gasteiger partial charge in [-0.3, -0.25) is 4.90 Å². The van der Waals surface area contributed by atoms with Crippen LogP contribution in [0.1, 0.15) is 52.3 Å². The molecule has 2 rings (SSSR count). The zero-order valence-corrected chi connectivity index (χ0v) is 13.5. The Kier molecular flexibility index (Phi) is 4.93.